The van der Waals surface area contributed by atoms with Crippen molar-refractivity contribution in [2.24, 2.45) is 5.92 Å². The van der Waals surface area contributed by atoms with Crippen LogP contribution in [0.3, 0.4) is 0 Å². The molecular weight excluding hydrogens is 718 g/mol. The van der Waals surface area contributed by atoms with Gasteiger partial charge in [0.1, 0.15) is 42.9 Å². The van der Waals surface area contributed by atoms with Crippen molar-refractivity contribution in [2.45, 2.75) is 101 Å². The van der Waals surface area contributed by atoms with Crippen LogP contribution in [0.1, 0.15) is 63.5 Å². The molecule has 4 aliphatic heterocycles. The van der Waals surface area contributed by atoms with E-state index < -0.39 is 78.5 Å². The zero-order valence-electron chi connectivity index (χ0n) is 32.1. The van der Waals surface area contributed by atoms with Crippen LogP contribution in [0.2, 0.25) is 0 Å². The zero-order valence-corrected chi connectivity index (χ0v) is 32.1. The lowest BCUT2D eigenvalue weighted by Crippen LogP contribution is -2.62. The summed E-state index contributed by atoms with van der Waals surface area (Å²) in [6, 6.07) is 12.0. The van der Waals surface area contributed by atoms with E-state index in [1.165, 1.54) is 14.7 Å². The number of amides is 7. The lowest BCUT2D eigenvalue weighted by atomic mass is 9.99. The standard InChI is InChI=1S/C41H53N7O8/c1-26-22-34-40(54)56-25-31(44-35(49)30(23-29-14-7-4-8-15-29)45-41(55)42-19-18-28-12-5-3-6-13-28)38(52)47-21-11-17-33(47)39(53)46-20-10-9-16-32(46)36(50)43-27(2)37(51)48(34)24-26/h3-8,12-15,26-27,30-34H,9-11,16-25H2,1-2H3,(H,43,50)(H,44,49)(H2,42,45,55)/t26-,27-,30-,31-,32-,33-,34-/m0/s1. The molecule has 4 saturated heterocycles. The fraction of sp³-hybridized carbons (Fsp3) is 0.537. The highest BCUT2D eigenvalue weighted by molar-refractivity contribution is 5.97. The number of urea groups is 1. The third kappa shape index (κ3) is 9.66. The van der Waals surface area contributed by atoms with Gasteiger partial charge in [0.05, 0.1) is 0 Å². The fourth-order valence-corrected chi connectivity index (χ4v) is 8.22. The second-order valence-corrected chi connectivity index (χ2v) is 15.4. The van der Waals surface area contributed by atoms with Gasteiger partial charge in [-0.1, -0.05) is 67.6 Å². The average molecular weight is 772 g/mol. The highest BCUT2D eigenvalue weighted by Crippen LogP contribution is 2.28. The fourth-order valence-electron chi connectivity index (χ4n) is 8.22. The summed E-state index contributed by atoms with van der Waals surface area (Å²) in [4.78, 5) is 101. The van der Waals surface area contributed by atoms with Gasteiger partial charge in [0.15, 0.2) is 0 Å². The number of cyclic esters (lactones) is 1. The Bertz CT molecular complexity index is 1760. The van der Waals surface area contributed by atoms with Crippen molar-refractivity contribution in [3.63, 3.8) is 0 Å². The third-order valence-electron chi connectivity index (χ3n) is 11.2. The van der Waals surface area contributed by atoms with E-state index in [-0.39, 0.29) is 31.3 Å². The van der Waals surface area contributed by atoms with Gasteiger partial charge in [-0.05, 0) is 68.9 Å². The van der Waals surface area contributed by atoms with Crippen LogP contribution in [0, 0.1) is 5.92 Å². The summed E-state index contributed by atoms with van der Waals surface area (Å²) >= 11 is 0. The van der Waals surface area contributed by atoms with Crippen LogP contribution in [-0.4, -0.2) is 125 Å². The SMILES string of the molecule is C[C@H]1C[C@H]2C(=O)OC[C@H](NC(=O)[C@H](Cc3ccccc3)NC(=O)NCCc3ccccc3)C(=O)N3CCC[C@H]3C(=O)N3CCCC[C@H]3C(=O)N[C@@H](C)C(=O)N2C1. The van der Waals surface area contributed by atoms with Crippen molar-refractivity contribution in [2.75, 3.05) is 32.8 Å². The molecule has 0 bridgehead atoms. The molecule has 2 aromatic carbocycles. The highest BCUT2D eigenvalue weighted by atomic mass is 16.5. The van der Waals surface area contributed by atoms with E-state index in [1.807, 2.05) is 67.6 Å². The number of carbonyl (C=O) groups is 7. The second-order valence-electron chi connectivity index (χ2n) is 15.4. The van der Waals surface area contributed by atoms with Gasteiger partial charge < -0.3 is 40.7 Å². The Labute approximate surface area is 327 Å². The molecule has 15 heteroatoms. The summed E-state index contributed by atoms with van der Waals surface area (Å²) in [5.74, 6) is -3.40. The first-order chi connectivity index (χ1) is 27.0. The number of benzene rings is 2. The van der Waals surface area contributed by atoms with E-state index in [2.05, 4.69) is 21.3 Å². The lowest BCUT2D eigenvalue weighted by Gasteiger charge is -2.39. The maximum Gasteiger partial charge on any atom is 0.328 e. The van der Waals surface area contributed by atoms with Crippen LogP contribution >= 0.6 is 0 Å². The number of rotatable bonds is 8. The van der Waals surface area contributed by atoms with Crippen LogP contribution < -0.4 is 21.3 Å². The van der Waals surface area contributed by atoms with Crippen molar-refractivity contribution in [1.29, 1.82) is 0 Å². The van der Waals surface area contributed by atoms with Crippen LogP contribution in [-0.2, 0) is 46.3 Å². The minimum absolute atomic E-state index is 0.0425. The van der Waals surface area contributed by atoms with Crippen LogP contribution in [0.25, 0.3) is 0 Å². The quantitative estimate of drug-likeness (QED) is 0.289. The molecule has 0 spiro atoms. The van der Waals surface area contributed by atoms with Gasteiger partial charge in [-0.15, -0.1) is 0 Å². The first-order valence-corrected chi connectivity index (χ1v) is 19.8. The maximum absolute atomic E-state index is 14.5. The zero-order chi connectivity index (χ0) is 39.8. The number of carbonyl (C=O) groups excluding carboxylic acids is 7. The molecule has 6 rings (SSSR count). The van der Waals surface area contributed by atoms with E-state index in [9.17, 15) is 33.6 Å². The van der Waals surface area contributed by atoms with E-state index in [0.717, 1.165) is 11.1 Å². The summed E-state index contributed by atoms with van der Waals surface area (Å²) in [5.41, 5.74) is 1.79. The van der Waals surface area contributed by atoms with Crippen molar-refractivity contribution < 1.29 is 38.3 Å². The number of esters is 1. The van der Waals surface area contributed by atoms with Gasteiger partial charge in [-0.2, -0.15) is 0 Å². The minimum atomic E-state index is -1.42. The number of hydrogen-bond acceptors (Lipinski definition) is 8. The number of nitrogens with zero attached hydrogens (tertiary/aromatic N) is 3. The number of hydrogen-bond donors (Lipinski definition) is 4. The molecular formula is C41H53N7O8. The molecule has 7 amide bonds. The Morgan fingerprint density at radius 2 is 1.45 bits per heavy atom. The molecule has 0 aromatic heterocycles. The van der Waals surface area contributed by atoms with Crippen molar-refractivity contribution >= 4 is 41.5 Å². The number of fused-ring (bicyclic) bond motifs is 3. The molecule has 0 saturated carbocycles. The van der Waals surface area contributed by atoms with Gasteiger partial charge in [-0.3, -0.25) is 24.0 Å². The largest absolute Gasteiger partial charge is 0.461 e. The Morgan fingerprint density at radius 1 is 0.786 bits per heavy atom. The Morgan fingerprint density at radius 3 is 2.18 bits per heavy atom. The third-order valence-corrected chi connectivity index (χ3v) is 11.2. The summed E-state index contributed by atoms with van der Waals surface area (Å²) in [7, 11) is 0. The number of piperidine rings is 1. The molecule has 4 N–H and O–H groups in total. The molecule has 7 atom stereocenters. The summed E-state index contributed by atoms with van der Waals surface area (Å²) in [6.07, 6.45) is 3.65. The lowest BCUT2D eigenvalue weighted by molar-refractivity contribution is -0.158. The molecule has 4 fully saturated rings. The van der Waals surface area contributed by atoms with Crippen molar-refractivity contribution in [3.8, 4) is 0 Å². The van der Waals surface area contributed by atoms with Gasteiger partial charge in [0, 0.05) is 32.6 Å². The molecule has 4 aliphatic rings. The molecule has 15 nitrogen and oxygen atoms in total. The van der Waals surface area contributed by atoms with Gasteiger partial charge >= 0.3 is 12.0 Å². The number of nitrogens with one attached hydrogen (secondary N) is 4. The molecule has 56 heavy (non-hydrogen) atoms. The normalized spacial score (nSPS) is 26.7. The Hall–Kier alpha value is -5.47. The highest BCUT2D eigenvalue weighted by Gasteiger charge is 2.46. The predicted molar refractivity (Wildman–Crippen MR) is 204 cm³/mol. The molecule has 4 heterocycles. The van der Waals surface area contributed by atoms with Crippen LogP contribution in [0.4, 0.5) is 4.79 Å². The average Bonchev–Trinajstić information content (AvgIpc) is 3.86. The van der Waals surface area contributed by atoms with E-state index in [0.29, 0.717) is 58.0 Å². The molecule has 0 aliphatic carbocycles. The summed E-state index contributed by atoms with van der Waals surface area (Å²) in [6.45, 7) is 4.03. The smallest absolute Gasteiger partial charge is 0.328 e. The molecule has 2 aromatic rings. The number of ether oxygens (including phenoxy) is 1. The Balaban J connectivity index is 1.26. The van der Waals surface area contributed by atoms with Crippen molar-refractivity contribution in [3.05, 3.63) is 71.8 Å². The van der Waals surface area contributed by atoms with Gasteiger partial charge in [-0.25, -0.2) is 9.59 Å². The molecule has 0 unspecified atom stereocenters. The first kappa shape index (κ1) is 40.2. The Kier molecular flexibility index (Phi) is 13.2. The van der Waals surface area contributed by atoms with E-state index >= 15 is 0 Å². The monoisotopic (exact) mass is 771 g/mol. The maximum atomic E-state index is 14.5. The molecule has 300 valence electrons. The second kappa shape index (κ2) is 18.4. The van der Waals surface area contributed by atoms with Crippen molar-refractivity contribution in [1.82, 2.24) is 36.0 Å². The van der Waals surface area contributed by atoms with Crippen LogP contribution in [0.15, 0.2) is 60.7 Å². The summed E-state index contributed by atoms with van der Waals surface area (Å²) < 4.78 is 5.75. The van der Waals surface area contributed by atoms with Gasteiger partial charge in [0.2, 0.25) is 29.5 Å². The van der Waals surface area contributed by atoms with E-state index in [1.54, 1.807) is 6.92 Å². The van der Waals surface area contributed by atoms with Gasteiger partial charge in [0.25, 0.3) is 0 Å². The van der Waals surface area contributed by atoms with Crippen LogP contribution in [0.5, 0.6) is 0 Å². The topological polar surface area (TPSA) is 187 Å². The summed E-state index contributed by atoms with van der Waals surface area (Å²) in [5, 5.41) is 11.1. The molecule has 0 radical (unpaired) electrons. The minimum Gasteiger partial charge on any atom is -0.461 e. The first-order valence-electron chi connectivity index (χ1n) is 19.8. The van der Waals surface area contributed by atoms with E-state index in [4.69, 9.17) is 4.74 Å². The predicted octanol–water partition coefficient (Wildman–Crippen LogP) is 1.30.